The molecule has 0 spiro atoms. The summed E-state index contributed by atoms with van der Waals surface area (Å²) in [6, 6.07) is 0.286. The molecule has 3 rings (SSSR count). The van der Waals surface area contributed by atoms with E-state index in [1.165, 1.54) is 5.56 Å². The predicted octanol–water partition coefficient (Wildman–Crippen LogP) is 2.09. The molecule has 0 aliphatic carbocycles. The van der Waals surface area contributed by atoms with Crippen molar-refractivity contribution in [1.82, 2.24) is 24.2 Å². The van der Waals surface area contributed by atoms with Gasteiger partial charge < -0.3 is 14.2 Å². The third-order valence-electron chi connectivity index (χ3n) is 5.46. The SMILES string of the molecule is COCc1ncc(C)n1C1CCN(C(=O)CCc2c(C)nn(C)c2C)C1. The standard InChI is InChI=1S/C19H29N5O2/c1-13-10-20-18(12-26-5)24(13)16-8-9-23(11-16)19(25)7-6-17-14(2)21-22(4)15(17)3/h10,16H,6-9,11-12H2,1-5H3. The van der Waals surface area contributed by atoms with Crippen LogP contribution in [0.15, 0.2) is 6.20 Å². The minimum absolute atomic E-state index is 0.223. The maximum Gasteiger partial charge on any atom is 0.222 e. The molecule has 1 aliphatic rings. The van der Waals surface area contributed by atoms with Gasteiger partial charge in [0.05, 0.1) is 11.7 Å². The largest absolute Gasteiger partial charge is 0.377 e. The zero-order valence-electron chi connectivity index (χ0n) is 16.4. The van der Waals surface area contributed by atoms with Crippen molar-refractivity contribution in [2.45, 2.75) is 52.7 Å². The van der Waals surface area contributed by atoms with Crippen LogP contribution in [0.1, 0.15) is 47.4 Å². The third-order valence-corrected chi connectivity index (χ3v) is 5.46. The van der Waals surface area contributed by atoms with Gasteiger partial charge in [-0.1, -0.05) is 0 Å². The Kier molecular flexibility index (Phi) is 5.46. The predicted molar refractivity (Wildman–Crippen MR) is 98.9 cm³/mol. The van der Waals surface area contributed by atoms with Gasteiger partial charge in [0.1, 0.15) is 12.4 Å². The van der Waals surface area contributed by atoms with Crippen LogP contribution in [-0.4, -0.2) is 50.3 Å². The van der Waals surface area contributed by atoms with E-state index < -0.39 is 0 Å². The summed E-state index contributed by atoms with van der Waals surface area (Å²) in [4.78, 5) is 19.1. The monoisotopic (exact) mass is 359 g/mol. The number of rotatable bonds is 6. The fraction of sp³-hybridized carbons (Fsp3) is 0.632. The van der Waals surface area contributed by atoms with Crippen molar-refractivity contribution in [1.29, 1.82) is 0 Å². The number of hydrogen-bond acceptors (Lipinski definition) is 4. The number of imidazole rings is 1. The summed E-state index contributed by atoms with van der Waals surface area (Å²) in [5.74, 6) is 1.16. The number of ether oxygens (including phenoxy) is 1. The average Bonchev–Trinajstić information content (AvgIpc) is 3.27. The molecule has 1 saturated heterocycles. The van der Waals surface area contributed by atoms with Gasteiger partial charge in [-0.25, -0.2) is 4.98 Å². The van der Waals surface area contributed by atoms with Crippen LogP contribution in [0.5, 0.6) is 0 Å². The second kappa shape index (κ2) is 7.61. The highest BCUT2D eigenvalue weighted by molar-refractivity contribution is 5.76. The number of methoxy groups -OCH3 is 1. The fourth-order valence-corrected chi connectivity index (χ4v) is 3.98. The van der Waals surface area contributed by atoms with Crippen molar-refractivity contribution in [2.75, 3.05) is 20.2 Å². The van der Waals surface area contributed by atoms with E-state index in [0.29, 0.717) is 13.0 Å². The van der Waals surface area contributed by atoms with Gasteiger partial charge in [0.15, 0.2) is 0 Å². The van der Waals surface area contributed by atoms with E-state index in [2.05, 4.69) is 28.5 Å². The lowest BCUT2D eigenvalue weighted by Crippen LogP contribution is -2.29. The summed E-state index contributed by atoms with van der Waals surface area (Å²) in [6.45, 7) is 8.18. The van der Waals surface area contributed by atoms with Crippen LogP contribution in [-0.2, 0) is 29.6 Å². The van der Waals surface area contributed by atoms with E-state index in [4.69, 9.17) is 4.74 Å². The highest BCUT2D eigenvalue weighted by atomic mass is 16.5. The summed E-state index contributed by atoms with van der Waals surface area (Å²) < 4.78 is 9.37. The minimum Gasteiger partial charge on any atom is -0.377 e. The van der Waals surface area contributed by atoms with Gasteiger partial charge in [0, 0.05) is 51.3 Å². The molecule has 2 aromatic heterocycles. The van der Waals surface area contributed by atoms with Crippen molar-refractivity contribution in [2.24, 2.45) is 7.05 Å². The molecule has 0 aromatic carbocycles. The number of amides is 1. The van der Waals surface area contributed by atoms with E-state index >= 15 is 0 Å². The molecular weight excluding hydrogens is 330 g/mol. The molecule has 1 amide bonds. The maximum atomic E-state index is 12.7. The zero-order valence-corrected chi connectivity index (χ0v) is 16.4. The minimum atomic E-state index is 0.223. The smallest absolute Gasteiger partial charge is 0.222 e. The Morgan fingerprint density at radius 1 is 1.35 bits per heavy atom. The molecule has 1 aliphatic heterocycles. The molecule has 142 valence electrons. The molecule has 1 unspecified atom stereocenters. The lowest BCUT2D eigenvalue weighted by atomic mass is 10.1. The molecule has 26 heavy (non-hydrogen) atoms. The van der Waals surface area contributed by atoms with Gasteiger partial charge in [-0.05, 0) is 39.2 Å². The first-order valence-electron chi connectivity index (χ1n) is 9.20. The quantitative estimate of drug-likeness (QED) is 0.792. The summed E-state index contributed by atoms with van der Waals surface area (Å²) in [6.07, 6.45) is 4.13. The van der Waals surface area contributed by atoms with E-state index in [9.17, 15) is 4.79 Å². The molecule has 1 fully saturated rings. The summed E-state index contributed by atoms with van der Waals surface area (Å²) in [7, 11) is 3.63. The number of aromatic nitrogens is 4. The van der Waals surface area contributed by atoms with Gasteiger partial charge in [-0.15, -0.1) is 0 Å². The first-order chi connectivity index (χ1) is 12.4. The second-order valence-electron chi connectivity index (χ2n) is 7.17. The van der Waals surface area contributed by atoms with Crippen LogP contribution < -0.4 is 0 Å². The van der Waals surface area contributed by atoms with Crippen LogP contribution in [0.2, 0.25) is 0 Å². The Hall–Kier alpha value is -2.15. The van der Waals surface area contributed by atoms with Crippen molar-refractivity contribution in [3.05, 3.63) is 34.7 Å². The second-order valence-corrected chi connectivity index (χ2v) is 7.17. The molecule has 7 nitrogen and oxygen atoms in total. The van der Waals surface area contributed by atoms with Crippen LogP contribution in [0, 0.1) is 20.8 Å². The van der Waals surface area contributed by atoms with E-state index in [1.807, 2.05) is 29.7 Å². The first-order valence-corrected chi connectivity index (χ1v) is 9.20. The fourth-order valence-electron chi connectivity index (χ4n) is 3.98. The topological polar surface area (TPSA) is 65.2 Å². The Bertz CT molecular complexity index is 792. The Morgan fingerprint density at radius 2 is 2.12 bits per heavy atom. The van der Waals surface area contributed by atoms with Crippen molar-refractivity contribution in [3.63, 3.8) is 0 Å². The molecule has 3 heterocycles. The Balaban J connectivity index is 1.62. The third kappa shape index (κ3) is 3.53. The van der Waals surface area contributed by atoms with Gasteiger partial charge >= 0.3 is 0 Å². The van der Waals surface area contributed by atoms with E-state index in [0.717, 1.165) is 48.8 Å². The van der Waals surface area contributed by atoms with Gasteiger partial charge in [0.25, 0.3) is 0 Å². The summed E-state index contributed by atoms with van der Waals surface area (Å²) in [5.41, 5.74) is 4.49. The Labute approximate surface area is 155 Å². The first kappa shape index (κ1) is 18.6. The van der Waals surface area contributed by atoms with Gasteiger partial charge in [-0.3, -0.25) is 9.48 Å². The summed E-state index contributed by atoms with van der Waals surface area (Å²) >= 11 is 0. The molecular formula is C19H29N5O2. The number of carbonyl (C=O) groups excluding carboxylic acids is 1. The maximum absolute atomic E-state index is 12.7. The van der Waals surface area contributed by atoms with E-state index in [1.54, 1.807) is 7.11 Å². The highest BCUT2D eigenvalue weighted by Gasteiger charge is 2.29. The number of nitrogens with zero attached hydrogens (tertiary/aromatic N) is 5. The lowest BCUT2D eigenvalue weighted by Gasteiger charge is -2.19. The van der Waals surface area contributed by atoms with Gasteiger partial charge in [-0.2, -0.15) is 5.10 Å². The number of aryl methyl sites for hydroxylation is 3. The molecule has 2 aromatic rings. The molecule has 0 bridgehead atoms. The number of likely N-dealkylation sites (tertiary alicyclic amines) is 1. The van der Waals surface area contributed by atoms with Crippen molar-refractivity contribution in [3.8, 4) is 0 Å². The zero-order chi connectivity index (χ0) is 18.8. The Morgan fingerprint density at radius 3 is 2.77 bits per heavy atom. The van der Waals surface area contributed by atoms with Crippen molar-refractivity contribution >= 4 is 5.91 Å². The number of carbonyl (C=O) groups is 1. The summed E-state index contributed by atoms with van der Waals surface area (Å²) in [5, 5.41) is 4.44. The van der Waals surface area contributed by atoms with Crippen LogP contribution >= 0.6 is 0 Å². The normalized spacial score (nSPS) is 17.3. The molecule has 1 atom stereocenters. The van der Waals surface area contributed by atoms with E-state index in [-0.39, 0.29) is 11.9 Å². The molecule has 0 radical (unpaired) electrons. The van der Waals surface area contributed by atoms with Crippen LogP contribution in [0.4, 0.5) is 0 Å². The van der Waals surface area contributed by atoms with Gasteiger partial charge in [0.2, 0.25) is 5.91 Å². The molecule has 0 N–H and O–H groups in total. The van der Waals surface area contributed by atoms with Crippen molar-refractivity contribution < 1.29 is 9.53 Å². The van der Waals surface area contributed by atoms with Crippen LogP contribution in [0.25, 0.3) is 0 Å². The lowest BCUT2D eigenvalue weighted by molar-refractivity contribution is -0.130. The average molecular weight is 359 g/mol. The molecule has 7 heteroatoms. The number of hydrogen-bond donors (Lipinski definition) is 0. The molecule has 0 saturated carbocycles. The highest BCUT2D eigenvalue weighted by Crippen LogP contribution is 2.26. The van der Waals surface area contributed by atoms with Crippen LogP contribution in [0.3, 0.4) is 0 Å².